The third kappa shape index (κ3) is 2.45. The highest BCUT2D eigenvalue weighted by atomic mass is 16.6. The number of nitro benzene ring substituents is 1. The Labute approximate surface area is 98.7 Å². The van der Waals surface area contributed by atoms with Gasteiger partial charge in [0, 0.05) is 13.0 Å². The van der Waals surface area contributed by atoms with Crippen molar-refractivity contribution in [2.24, 2.45) is 0 Å². The van der Waals surface area contributed by atoms with E-state index in [0.29, 0.717) is 11.3 Å². The van der Waals surface area contributed by atoms with E-state index in [1.54, 1.807) is 6.92 Å². The number of nitrogens with zero attached hydrogens (tertiary/aromatic N) is 2. The second-order valence-electron chi connectivity index (χ2n) is 3.33. The molecule has 0 bridgehead atoms. The molecule has 0 amide bonds. The van der Waals surface area contributed by atoms with Crippen LogP contribution in [0.25, 0.3) is 4.85 Å². The first-order chi connectivity index (χ1) is 8.04. The van der Waals surface area contributed by atoms with E-state index in [4.69, 9.17) is 16.0 Å². The van der Waals surface area contributed by atoms with Gasteiger partial charge in [0.05, 0.1) is 25.2 Å². The van der Waals surface area contributed by atoms with E-state index >= 15 is 0 Å². The SMILES string of the molecule is [C-]#[N+]C(C)c1cc(OC)c(OC)cc1[N+](=O)[O-]. The molecular weight excluding hydrogens is 224 g/mol. The van der Waals surface area contributed by atoms with Crippen LogP contribution in [0.2, 0.25) is 0 Å². The van der Waals surface area contributed by atoms with Gasteiger partial charge in [0.25, 0.3) is 11.7 Å². The smallest absolute Gasteiger partial charge is 0.284 e. The van der Waals surface area contributed by atoms with Gasteiger partial charge in [0.2, 0.25) is 0 Å². The molecule has 1 unspecified atom stereocenters. The fourth-order valence-corrected chi connectivity index (χ4v) is 1.45. The van der Waals surface area contributed by atoms with Crippen LogP contribution in [0.4, 0.5) is 5.69 Å². The summed E-state index contributed by atoms with van der Waals surface area (Å²) in [7, 11) is 2.84. The van der Waals surface area contributed by atoms with Gasteiger partial charge < -0.3 is 14.3 Å². The average molecular weight is 236 g/mol. The summed E-state index contributed by atoms with van der Waals surface area (Å²) in [6.07, 6.45) is 0. The highest BCUT2D eigenvalue weighted by Gasteiger charge is 2.26. The molecule has 6 heteroatoms. The Morgan fingerprint density at radius 3 is 2.29 bits per heavy atom. The Morgan fingerprint density at radius 2 is 1.88 bits per heavy atom. The Morgan fingerprint density at radius 1 is 1.35 bits per heavy atom. The van der Waals surface area contributed by atoms with Gasteiger partial charge in [-0.15, -0.1) is 0 Å². The van der Waals surface area contributed by atoms with Crippen LogP contribution in [-0.4, -0.2) is 19.1 Å². The molecule has 1 atom stereocenters. The first kappa shape index (κ1) is 12.8. The molecule has 0 radical (unpaired) electrons. The third-order valence-electron chi connectivity index (χ3n) is 2.37. The molecule has 0 spiro atoms. The maximum atomic E-state index is 10.9. The predicted octanol–water partition coefficient (Wildman–Crippen LogP) is 2.59. The molecule has 0 N–H and O–H groups in total. The molecule has 0 aliphatic heterocycles. The highest BCUT2D eigenvalue weighted by Crippen LogP contribution is 2.38. The van der Waals surface area contributed by atoms with E-state index in [2.05, 4.69) is 4.85 Å². The van der Waals surface area contributed by atoms with Crippen LogP contribution < -0.4 is 9.47 Å². The lowest BCUT2D eigenvalue weighted by Gasteiger charge is -2.09. The van der Waals surface area contributed by atoms with Crippen LogP contribution in [0.3, 0.4) is 0 Å². The summed E-state index contributed by atoms with van der Waals surface area (Å²) >= 11 is 0. The first-order valence-electron chi connectivity index (χ1n) is 4.82. The minimum absolute atomic E-state index is 0.133. The number of nitro groups is 1. The maximum Gasteiger partial charge on any atom is 0.284 e. The van der Waals surface area contributed by atoms with E-state index in [1.807, 2.05) is 0 Å². The summed E-state index contributed by atoms with van der Waals surface area (Å²) in [5.74, 6) is 0.656. The lowest BCUT2D eigenvalue weighted by molar-refractivity contribution is -0.385. The first-order valence-corrected chi connectivity index (χ1v) is 4.82. The predicted molar refractivity (Wildman–Crippen MR) is 61.2 cm³/mol. The number of methoxy groups -OCH3 is 2. The van der Waals surface area contributed by atoms with Gasteiger partial charge >= 0.3 is 0 Å². The molecule has 6 nitrogen and oxygen atoms in total. The number of benzene rings is 1. The summed E-state index contributed by atoms with van der Waals surface area (Å²) in [6, 6.07) is 2.14. The van der Waals surface area contributed by atoms with Crippen molar-refractivity contribution in [3.63, 3.8) is 0 Å². The van der Waals surface area contributed by atoms with E-state index in [1.165, 1.54) is 26.4 Å². The standard InChI is InChI=1S/C11H12N2O4/c1-7(12-2)8-5-10(16-3)11(17-4)6-9(8)13(14)15/h5-7H,1,3-4H3. The largest absolute Gasteiger partial charge is 0.493 e. The van der Waals surface area contributed by atoms with E-state index in [9.17, 15) is 10.1 Å². The number of ether oxygens (including phenoxy) is 2. The Balaban J connectivity index is 3.46. The number of hydrogen-bond acceptors (Lipinski definition) is 4. The van der Waals surface area contributed by atoms with E-state index in [-0.39, 0.29) is 11.4 Å². The molecule has 0 saturated heterocycles. The quantitative estimate of drug-likeness (QED) is 0.458. The number of rotatable bonds is 4. The van der Waals surface area contributed by atoms with Crippen molar-refractivity contribution in [3.05, 3.63) is 39.2 Å². The topological polar surface area (TPSA) is 66.0 Å². The van der Waals surface area contributed by atoms with E-state index < -0.39 is 11.0 Å². The van der Waals surface area contributed by atoms with Crippen LogP contribution in [0.5, 0.6) is 11.5 Å². The van der Waals surface area contributed by atoms with Gasteiger partial charge in [0.15, 0.2) is 11.5 Å². The van der Waals surface area contributed by atoms with Crippen LogP contribution in [0.15, 0.2) is 12.1 Å². The summed E-state index contributed by atoms with van der Waals surface area (Å²) in [5, 5.41) is 10.9. The molecule has 0 fully saturated rings. The molecule has 0 saturated carbocycles. The molecule has 0 aliphatic rings. The number of hydrogen-bond donors (Lipinski definition) is 0. The molecule has 1 rings (SSSR count). The minimum Gasteiger partial charge on any atom is -0.493 e. The molecule has 17 heavy (non-hydrogen) atoms. The van der Waals surface area contributed by atoms with Crippen molar-refractivity contribution < 1.29 is 14.4 Å². The molecule has 1 aromatic carbocycles. The van der Waals surface area contributed by atoms with Crippen LogP contribution in [-0.2, 0) is 0 Å². The molecular formula is C11H12N2O4. The molecule has 0 aliphatic carbocycles. The van der Waals surface area contributed by atoms with Crippen LogP contribution >= 0.6 is 0 Å². The van der Waals surface area contributed by atoms with Crippen LogP contribution in [0, 0.1) is 16.7 Å². The third-order valence-corrected chi connectivity index (χ3v) is 2.37. The Bertz CT molecular complexity index is 479. The van der Waals surface area contributed by atoms with Crippen molar-refractivity contribution in [1.82, 2.24) is 0 Å². The van der Waals surface area contributed by atoms with E-state index in [0.717, 1.165) is 0 Å². The fourth-order valence-electron chi connectivity index (χ4n) is 1.45. The van der Waals surface area contributed by atoms with Gasteiger partial charge in [-0.1, -0.05) is 0 Å². The zero-order valence-electron chi connectivity index (χ0n) is 9.76. The van der Waals surface area contributed by atoms with Crippen molar-refractivity contribution in [1.29, 1.82) is 0 Å². The average Bonchev–Trinajstić information content (AvgIpc) is 2.35. The summed E-state index contributed by atoms with van der Waals surface area (Å²) in [6.45, 7) is 8.54. The zero-order chi connectivity index (χ0) is 13.0. The Kier molecular flexibility index (Phi) is 3.88. The Hall–Kier alpha value is -2.29. The van der Waals surface area contributed by atoms with Gasteiger partial charge in [0.1, 0.15) is 5.56 Å². The van der Waals surface area contributed by atoms with Crippen molar-refractivity contribution in [2.45, 2.75) is 13.0 Å². The molecule has 0 heterocycles. The van der Waals surface area contributed by atoms with Crippen molar-refractivity contribution in [2.75, 3.05) is 14.2 Å². The second-order valence-corrected chi connectivity index (χ2v) is 3.33. The second kappa shape index (κ2) is 5.16. The summed E-state index contributed by atoms with van der Waals surface area (Å²) in [4.78, 5) is 13.7. The highest BCUT2D eigenvalue weighted by molar-refractivity contribution is 5.55. The lowest BCUT2D eigenvalue weighted by Crippen LogP contribution is -2.00. The molecule has 0 aromatic heterocycles. The minimum atomic E-state index is -0.602. The van der Waals surface area contributed by atoms with Gasteiger partial charge in [-0.2, -0.15) is 0 Å². The summed E-state index contributed by atoms with van der Waals surface area (Å²) in [5.41, 5.74) is 0.189. The van der Waals surface area contributed by atoms with Crippen LogP contribution in [0.1, 0.15) is 18.5 Å². The van der Waals surface area contributed by atoms with Crippen molar-refractivity contribution >= 4 is 5.69 Å². The lowest BCUT2D eigenvalue weighted by atomic mass is 10.1. The molecule has 90 valence electrons. The van der Waals surface area contributed by atoms with Crippen molar-refractivity contribution in [3.8, 4) is 11.5 Å². The van der Waals surface area contributed by atoms with Gasteiger partial charge in [-0.25, -0.2) is 6.57 Å². The zero-order valence-corrected chi connectivity index (χ0v) is 9.76. The maximum absolute atomic E-state index is 10.9. The summed E-state index contributed by atoms with van der Waals surface area (Å²) < 4.78 is 10.0. The normalized spacial score (nSPS) is 11.4. The molecule has 1 aromatic rings. The monoisotopic (exact) mass is 236 g/mol. The van der Waals surface area contributed by atoms with Gasteiger partial charge in [-0.05, 0) is 0 Å². The fraction of sp³-hybridized carbons (Fsp3) is 0.364. The van der Waals surface area contributed by atoms with Gasteiger partial charge in [-0.3, -0.25) is 10.1 Å².